The Bertz CT molecular complexity index is 947. The largest absolute Gasteiger partial charge is 0.366 e. The molecule has 0 unspecified atom stereocenters. The predicted molar refractivity (Wildman–Crippen MR) is 111 cm³/mol. The van der Waals surface area contributed by atoms with Crippen molar-refractivity contribution in [3.8, 4) is 11.1 Å². The molecule has 1 aliphatic heterocycles. The van der Waals surface area contributed by atoms with Gasteiger partial charge in [-0.1, -0.05) is 29.8 Å². The number of anilines is 1. The number of nitrogens with one attached hydrogen (secondary N) is 1. The predicted octanol–water partition coefficient (Wildman–Crippen LogP) is 4.97. The van der Waals surface area contributed by atoms with Crippen LogP contribution in [0.4, 0.5) is 5.69 Å². The lowest BCUT2D eigenvalue weighted by atomic mass is 9.94. The van der Waals surface area contributed by atoms with Crippen LogP contribution in [0.5, 0.6) is 0 Å². The van der Waals surface area contributed by atoms with E-state index >= 15 is 0 Å². The fourth-order valence-corrected chi connectivity index (χ4v) is 4.29. The van der Waals surface area contributed by atoms with Crippen LogP contribution in [0.1, 0.15) is 18.1 Å². The SMILES string of the molecule is Cc1cccc(C)c1-c1cc2nccc(N3CCNC[C@@H]3C)c2cc1Cl. The minimum absolute atomic E-state index is 0.450. The molecule has 0 spiro atoms. The maximum absolute atomic E-state index is 6.77. The van der Waals surface area contributed by atoms with Gasteiger partial charge in [-0.15, -0.1) is 0 Å². The average molecular weight is 366 g/mol. The molecule has 3 nitrogen and oxygen atoms in total. The molecule has 2 heterocycles. The molecule has 0 radical (unpaired) electrons. The van der Waals surface area contributed by atoms with Crippen LogP contribution in [0.2, 0.25) is 5.02 Å². The smallest absolute Gasteiger partial charge is 0.0730 e. The van der Waals surface area contributed by atoms with Crippen molar-refractivity contribution in [2.45, 2.75) is 26.8 Å². The summed E-state index contributed by atoms with van der Waals surface area (Å²) in [6, 6.07) is 13.2. The Hall–Kier alpha value is -2.10. The van der Waals surface area contributed by atoms with Crippen molar-refractivity contribution >= 4 is 28.2 Å². The molecule has 3 aromatic rings. The first-order valence-corrected chi connectivity index (χ1v) is 9.56. The van der Waals surface area contributed by atoms with Gasteiger partial charge in [-0.25, -0.2) is 0 Å². The van der Waals surface area contributed by atoms with E-state index in [1.165, 1.54) is 22.4 Å². The minimum atomic E-state index is 0.450. The normalized spacial score (nSPS) is 17.7. The number of hydrogen-bond acceptors (Lipinski definition) is 3. The minimum Gasteiger partial charge on any atom is -0.366 e. The number of piperazine rings is 1. The first-order chi connectivity index (χ1) is 12.6. The molecule has 4 heteroatoms. The number of fused-ring (bicyclic) bond motifs is 1. The quantitative estimate of drug-likeness (QED) is 0.694. The number of hydrogen-bond donors (Lipinski definition) is 1. The molecule has 26 heavy (non-hydrogen) atoms. The third kappa shape index (κ3) is 2.95. The molecule has 0 aliphatic carbocycles. The van der Waals surface area contributed by atoms with Crippen LogP contribution in [0.25, 0.3) is 22.0 Å². The fourth-order valence-electron chi connectivity index (χ4n) is 4.03. The zero-order valence-corrected chi connectivity index (χ0v) is 16.3. The molecule has 0 saturated carbocycles. The Morgan fingerprint density at radius 1 is 1.15 bits per heavy atom. The molecule has 1 aliphatic rings. The van der Waals surface area contributed by atoms with Crippen molar-refractivity contribution in [1.29, 1.82) is 0 Å². The standard InChI is InChI=1S/C22H24ClN3/c1-14-5-4-6-15(2)22(14)17-12-20-18(11-19(17)23)21(7-8-25-20)26-10-9-24-13-16(26)3/h4-8,11-12,16,24H,9-10,13H2,1-3H3/t16-/m0/s1. The third-order valence-corrected chi connectivity index (χ3v) is 5.68. The van der Waals surface area contributed by atoms with E-state index in [4.69, 9.17) is 11.6 Å². The van der Waals surface area contributed by atoms with E-state index in [0.29, 0.717) is 6.04 Å². The van der Waals surface area contributed by atoms with Gasteiger partial charge in [0.1, 0.15) is 0 Å². The Balaban J connectivity index is 1.89. The first kappa shape index (κ1) is 17.3. The zero-order valence-electron chi connectivity index (χ0n) is 15.5. The zero-order chi connectivity index (χ0) is 18.3. The van der Waals surface area contributed by atoms with Gasteiger partial charge >= 0.3 is 0 Å². The van der Waals surface area contributed by atoms with Gasteiger partial charge in [0.2, 0.25) is 0 Å². The second-order valence-electron chi connectivity index (χ2n) is 7.19. The van der Waals surface area contributed by atoms with Gasteiger partial charge in [-0.3, -0.25) is 4.98 Å². The summed E-state index contributed by atoms with van der Waals surface area (Å²) in [4.78, 5) is 7.10. The number of rotatable bonds is 2. The summed E-state index contributed by atoms with van der Waals surface area (Å²) in [6.45, 7) is 9.52. The molecular weight excluding hydrogens is 342 g/mol. The lowest BCUT2D eigenvalue weighted by Gasteiger charge is -2.36. The number of pyridine rings is 1. The molecule has 1 saturated heterocycles. The van der Waals surface area contributed by atoms with Crippen LogP contribution in [0.15, 0.2) is 42.6 Å². The van der Waals surface area contributed by atoms with E-state index < -0.39 is 0 Å². The Labute approximate surface area is 160 Å². The molecule has 1 N–H and O–H groups in total. The van der Waals surface area contributed by atoms with Crippen LogP contribution in [-0.2, 0) is 0 Å². The Kier molecular flexibility index (Phi) is 4.60. The monoisotopic (exact) mass is 365 g/mol. The van der Waals surface area contributed by atoms with Crippen molar-refractivity contribution in [3.05, 3.63) is 58.7 Å². The van der Waals surface area contributed by atoms with Gasteiger partial charge < -0.3 is 10.2 Å². The lowest BCUT2D eigenvalue weighted by Crippen LogP contribution is -2.50. The second kappa shape index (κ2) is 6.90. The van der Waals surface area contributed by atoms with Gasteiger partial charge in [-0.05, 0) is 55.7 Å². The van der Waals surface area contributed by atoms with Crippen molar-refractivity contribution < 1.29 is 0 Å². The average Bonchev–Trinajstić information content (AvgIpc) is 2.62. The molecule has 134 valence electrons. The van der Waals surface area contributed by atoms with Gasteiger partial charge in [0.15, 0.2) is 0 Å². The van der Waals surface area contributed by atoms with E-state index in [0.717, 1.165) is 41.1 Å². The molecule has 1 atom stereocenters. The van der Waals surface area contributed by atoms with Crippen molar-refractivity contribution in [1.82, 2.24) is 10.3 Å². The summed E-state index contributed by atoms with van der Waals surface area (Å²) < 4.78 is 0. The van der Waals surface area contributed by atoms with E-state index in [2.05, 4.69) is 72.4 Å². The van der Waals surface area contributed by atoms with Crippen LogP contribution in [0, 0.1) is 13.8 Å². The van der Waals surface area contributed by atoms with Gasteiger partial charge in [0.25, 0.3) is 0 Å². The Morgan fingerprint density at radius 3 is 2.65 bits per heavy atom. The highest BCUT2D eigenvalue weighted by Crippen LogP contribution is 2.38. The Morgan fingerprint density at radius 2 is 1.92 bits per heavy atom. The highest BCUT2D eigenvalue weighted by Gasteiger charge is 2.21. The number of aryl methyl sites for hydroxylation is 2. The molecule has 1 aromatic heterocycles. The van der Waals surface area contributed by atoms with Crippen LogP contribution >= 0.6 is 11.6 Å². The van der Waals surface area contributed by atoms with E-state index in [1.807, 2.05) is 6.20 Å². The van der Waals surface area contributed by atoms with Gasteiger partial charge in [0.05, 0.1) is 5.52 Å². The maximum Gasteiger partial charge on any atom is 0.0730 e. The van der Waals surface area contributed by atoms with E-state index in [1.54, 1.807) is 0 Å². The highest BCUT2D eigenvalue weighted by atomic mass is 35.5. The lowest BCUT2D eigenvalue weighted by molar-refractivity contribution is 0.502. The molecule has 4 rings (SSSR count). The van der Waals surface area contributed by atoms with E-state index in [9.17, 15) is 0 Å². The fraction of sp³-hybridized carbons (Fsp3) is 0.318. The van der Waals surface area contributed by atoms with Crippen molar-refractivity contribution in [2.75, 3.05) is 24.5 Å². The molecule has 1 fully saturated rings. The van der Waals surface area contributed by atoms with Crippen molar-refractivity contribution in [2.24, 2.45) is 0 Å². The first-order valence-electron chi connectivity index (χ1n) is 9.18. The van der Waals surface area contributed by atoms with Crippen molar-refractivity contribution in [3.63, 3.8) is 0 Å². The summed E-state index contributed by atoms with van der Waals surface area (Å²) in [7, 11) is 0. The number of halogens is 1. The summed E-state index contributed by atoms with van der Waals surface area (Å²) in [5.41, 5.74) is 6.96. The molecular formula is C22H24ClN3. The summed E-state index contributed by atoms with van der Waals surface area (Å²) in [6.07, 6.45) is 1.91. The molecule has 0 amide bonds. The maximum atomic E-state index is 6.77. The van der Waals surface area contributed by atoms with Gasteiger partial charge in [0, 0.05) is 53.5 Å². The number of aromatic nitrogens is 1. The van der Waals surface area contributed by atoms with Crippen LogP contribution in [0.3, 0.4) is 0 Å². The molecule has 0 bridgehead atoms. The second-order valence-corrected chi connectivity index (χ2v) is 7.60. The van der Waals surface area contributed by atoms with Crippen LogP contribution < -0.4 is 10.2 Å². The topological polar surface area (TPSA) is 28.2 Å². The highest BCUT2D eigenvalue weighted by molar-refractivity contribution is 6.34. The summed E-state index contributed by atoms with van der Waals surface area (Å²) >= 11 is 6.77. The molecule has 2 aromatic carbocycles. The number of benzene rings is 2. The van der Waals surface area contributed by atoms with Gasteiger partial charge in [-0.2, -0.15) is 0 Å². The summed E-state index contributed by atoms with van der Waals surface area (Å²) in [5, 5.41) is 5.36. The number of nitrogens with zero attached hydrogens (tertiary/aromatic N) is 2. The van der Waals surface area contributed by atoms with Crippen LogP contribution in [-0.4, -0.2) is 30.7 Å². The van der Waals surface area contributed by atoms with E-state index in [-0.39, 0.29) is 0 Å². The third-order valence-electron chi connectivity index (χ3n) is 5.37. The summed E-state index contributed by atoms with van der Waals surface area (Å²) in [5.74, 6) is 0.